The third-order valence-corrected chi connectivity index (χ3v) is 1.63. The number of carbonyl (C=O) groups is 1. The van der Waals surface area contributed by atoms with E-state index in [2.05, 4.69) is 11.3 Å². The van der Waals surface area contributed by atoms with Crippen LogP contribution in [0.4, 0.5) is 0 Å². The Balaban J connectivity index is 0.00000169. The first-order valence-corrected chi connectivity index (χ1v) is 3.72. The number of rotatable bonds is 2. The Kier molecular flexibility index (Phi) is 5.53. The van der Waals surface area contributed by atoms with Crippen LogP contribution >= 0.6 is 0 Å². The molecule has 1 aromatic rings. The summed E-state index contributed by atoms with van der Waals surface area (Å²) in [5.74, 6) is -0.395. The zero-order valence-electron chi connectivity index (χ0n) is 7.28. The molecule has 0 heterocycles. The van der Waals surface area contributed by atoms with Crippen molar-refractivity contribution in [2.24, 2.45) is 0 Å². The standard InChI is InChI=1S/C10H10O3.Na.H/c1-7(10(12)13-2)8-4-3-5-9(11)6-8;;/h3-6,11H,1H2,2H3;;. The number of phenolic OH excluding ortho intramolecular Hbond substituents is 1. The van der Waals surface area contributed by atoms with Gasteiger partial charge in [0.15, 0.2) is 0 Å². The molecule has 0 amide bonds. The third-order valence-electron chi connectivity index (χ3n) is 1.63. The van der Waals surface area contributed by atoms with E-state index in [0.29, 0.717) is 5.56 Å². The molecule has 70 valence electrons. The molecule has 1 aromatic carbocycles. The molecule has 0 unspecified atom stereocenters. The molecule has 0 radical (unpaired) electrons. The van der Waals surface area contributed by atoms with Gasteiger partial charge >= 0.3 is 35.5 Å². The van der Waals surface area contributed by atoms with Crippen LogP contribution in [0, 0.1) is 0 Å². The number of esters is 1. The van der Waals surface area contributed by atoms with Gasteiger partial charge in [0.1, 0.15) is 5.75 Å². The first-order chi connectivity index (χ1) is 6.15. The van der Waals surface area contributed by atoms with E-state index in [9.17, 15) is 4.79 Å². The second-order valence-electron chi connectivity index (χ2n) is 2.52. The molecule has 4 heteroatoms. The molecule has 0 aliphatic heterocycles. The maximum atomic E-state index is 11.0. The Bertz CT molecular complexity index is 347. The van der Waals surface area contributed by atoms with Crippen molar-refractivity contribution in [2.75, 3.05) is 7.11 Å². The number of ether oxygens (including phenoxy) is 1. The zero-order valence-corrected chi connectivity index (χ0v) is 7.28. The summed E-state index contributed by atoms with van der Waals surface area (Å²) >= 11 is 0. The second kappa shape index (κ2) is 5.86. The number of phenols is 1. The van der Waals surface area contributed by atoms with E-state index in [0.717, 1.165) is 0 Å². The molecule has 0 aliphatic carbocycles. The van der Waals surface area contributed by atoms with Crippen molar-refractivity contribution < 1.29 is 14.6 Å². The predicted octanol–water partition coefficient (Wildman–Crippen LogP) is 0.930. The van der Waals surface area contributed by atoms with Crippen molar-refractivity contribution in [1.29, 1.82) is 0 Å². The van der Waals surface area contributed by atoms with Crippen LogP contribution < -0.4 is 0 Å². The van der Waals surface area contributed by atoms with Crippen molar-refractivity contribution in [3.63, 3.8) is 0 Å². The Morgan fingerprint density at radius 1 is 1.50 bits per heavy atom. The van der Waals surface area contributed by atoms with Gasteiger partial charge in [-0.25, -0.2) is 4.79 Å². The molecule has 1 rings (SSSR count). The van der Waals surface area contributed by atoms with Crippen LogP contribution in [0.5, 0.6) is 5.75 Å². The van der Waals surface area contributed by atoms with E-state index in [1.165, 1.54) is 19.2 Å². The fourth-order valence-corrected chi connectivity index (χ4v) is 0.935. The molecule has 0 saturated carbocycles. The van der Waals surface area contributed by atoms with Crippen molar-refractivity contribution in [3.8, 4) is 5.75 Å². The number of benzene rings is 1. The Morgan fingerprint density at radius 2 is 2.14 bits per heavy atom. The Hall–Kier alpha value is -0.770. The van der Waals surface area contributed by atoms with Crippen molar-refractivity contribution in [3.05, 3.63) is 36.4 Å². The second-order valence-corrected chi connectivity index (χ2v) is 2.52. The fourth-order valence-electron chi connectivity index (χ4n) is 0.935. The van der Waals surface area contributed by atoms with Crippen LogP contribution in [0.25, 0.3) is 5.57 Å². The minimum atomic E-state index is -0.495. The van der Waals surface area contributed by atoms with Gasteiger partial charge < -0.3 is 9.84 Å². The molecule has 0 atom stereocenters. The van der Waals surface area contributed by atoms with E-state index in [1.54, 1.807) is 12.1 Å². The van der Waals surface area contributed by atoms with Gasteiger partial charge in [0.25, 0.3) is 0 Å². The quantitative estimate of drug-likeness (QED) is 0.441. The number of aromatic hydroxyl groups is 1. The summed E-state index contributed by atoms with van der Waals surface area (Å²) in [7, 11) is 1.29. The van der Waals surface area contributed by atoms with Crippen LogP contribution in [0.2, 0.25) is 0 Å². The van der Waals surface area contributed by atoms with E-state index in [4.69, 9.17) is 5.11 Å². The predicted molar refractivity (Wildman–Crippen MR) is 56.3 cm³/mol. The Labute approximate surface area is 105 Å². The van der Waals surface area contributed by atoms with Crippen LogP contribution in [-0.2, 0) is 9.53 Å². The van der Waals surface area contributed by atoms with Gasteiger partial charge in [-0.05, 0) is 17.7 Å². The number of hydrogen-bond acceptors (Lipinski definition) is 3. The summed E-state index contributed by atoms with van der Waals surface area (Å²) in [5.41, 5.74) is 0.797. The van der Waals surface area contributed by atoms with Crippen molar-refractivity contribution in [2.45, 2.75) is 0 Å². The maximum absolute atomic E-state index is 11.0. The third kappa shape index (κ3) is 3.18. The van der Waals surface area contributed by atoms with Crippen LogP contribution in [-0.4, -0.2) is 47.7 Å². The summed E-state index contributed by atoms with van der Waals surface area (Å²) < 4.78 is 4.49. The summed E-state index contributed by atoms with van der Waals surface area (Å²) in [6, 6.07) is 6.30. The van der Waals surface area contributed by atoms with Crippen LogP contribution in [0.15, 0.2) is 30.8 Å². The molecule has 0 fully saturated rings. The van der Waals surface area contributed by atoms with E-state index < -0.39 is 5.97 Å². The first-order valence-electron chi connectivity index (χ1n) is 3.72. The van der Waals surface area contributed by atoms with Crippen LogP contribution in [0.1, 0.15) is 5.56 Å². The molecule has 3 nitrogen and oxygen atoms in total. The van der Waals surface area contributed by atoms with Gasteiger partial charge in [-0.15, -0.1) is 0 Å². The molecule has 1 N–H and O–H groups in total. The SMILES string of the molecule is C=C(C(=O)OC)c1cccc(O)c1.[NaH]. The fraction of sp³-hybridized carbons (Fsp3) is 0.100. The summed E-state index contributed by atoms with van der Waals surface area (Å²) in [5, 5.41) is 9.12. The Morgan fingerprint density at radius 3 is 2.64 bits per heavy atom. The molecule has 0 aliphatic rings. The molecule has 0 aromatic heterocycles. The van der Waals surface area contributed by atoms with Gasteiger partial charge in [0, 0.05) is 0 Å². The first kappa shape index (κ1) is 13.2. The normalized spacial score (nSPS) is 8.64. The average molecular weight is 202 g/mol. The van der Waals surface area contributed by atoms with E-state index >= 15 is 0 Å². The molecule has 0 bridgehead atoms. The van der Waals surface area contributed by atoms with E-state index in [-0.39, 0.29) is 40.9 Å². The van der Waals surface area contributed by atoms with Gasteiger partial charge in [-0.1, -0.05) is 18.7 Å². The van der Waals surface area contributed by atoms with E-state index in [1.807, 2.05) is 0 Å². The average Bonchev–Trinajstić information content (AvgIpc) is 2.15. The van der Waals surface area contributed by atoms with Gasteiger partial charge in [-0.3, -0.25) is 0 Å². The van der Waals surface area contributed by atoms with Crippen molar-refractivity contribution in [1.82, 2.24) is 0 Å². The minimum absolute atomic E-state index is 0. The summed E-state index contributed by atoms with van der Waals surface area (Å²) in [4.78, 5) is 11.0. The molecular formula is C10H11NaO3. The summed E-state index contributed by atoms with van der Waals surface area (Å²) in [6.45, 7) is 3.55. The number of carbonyl (C=O) groups excluding carboxylic acids is 1. The monoisotopic (exact) mass is 202 g/mol. The van der Waals surface area contributed by atoms with Gasteiger partial charge in [0.05, 0.1) is 12.7 Å². The molecule has 0 saturated heterocycles. The van der Waals surface area contributed by atoms with Gasteiger partial charge in [-0.2, -0.15) is 0 Å². The summed E-state index contributed by atoms with van der Waals surface area (Å²) in [6.07, 6.45) is 0. The zero-order chi connectivity index (χ0) is 9.84. The topological polar surface area (TPSA) is 46.5 Å². The number of hydrogen-bond donors (Lipinski definition) is 1. The van der Waals surface area contributed by atoms with Gasteiger partial charge in [0.2, 0.25) is 0 Å². The van der Waals surface area contributed by atoms with Crippen LogP contribution in [0.3, 0.4) is 0 Å². The molecular weight excluding hydrogens is 191 g/mol. The molecule has 0 spiro atoms. The molecule has 14 heavy (non-hydrogen) atoms. The number of methoxy groups -OCH3 is 1. The van der Waals surface area contributed by atoms with Crippen molar-refractivity contribution >= 4 is 41.1 Å².